The van der Waals surface area contributed by atoms with Gasteiger partial charge < -0.3 is 9.80 Å². The molecule has 1 aromatic heterocycles. The third-order valence-electron chi connectivity index (χ3n) is 6.07. The Hall–Kier alpha value is -1.97. The van der Waals surface area contributed by atoms with E-state index in [2.05, 4.69) is 9.97 Å². The van der Waals surface area contributed by atoms with Crippen LogP contribution in [0.5, 0.6) is 0 Å². The fourth-order valence-electron chi connectivity index (χ4n) is 4.75. The highest BCUT2D eigenvalue weighted by molar-refractivity contribution is 5.84. The Labute approximate surface area is 160 Å². The molecule has 0 aromatic carbocycles. The minimum absolute atomic E-state index is 0.146. The summed E-state index contributed by atoms with van der Waals surface area (Å²) < 4.78 is 52.4. The highest BCUT2D eigenvalue weighted by Gasteiger charge is 2.47. The summed E-state index contributed by atoms with van der Waals surface area (Å²) in [7, 11) is 0. The zero-order chi connectivity index (χ0) is 20.1. The van der Waals surface area contributed by atoms with Crippen molar-refractivity contribution in [3.05, 3.63) is 17.8 Å². The van der Waals surface area contributed by atoms with Gasteiger partial charge in [-0.2, -0.15) is 13.2 Å². The number of rotatable bonds is 4. The summed E-state index contributed by atoms with van der Waals surface area (Å²) in [6.07, 6.45) is -2.07. The molecule has 1 aromatic rings. The highest BCUT2D eigenvalue weighted by atomic mass is 19.4. The molecule has 3 saturated heterocycles. The number of hydrogen-bond donors (Lipinski definition) is 0. The molecule has 1 amide bonds. The van der Waals surface area contributed by atoms with Crippen LogP contribution in [-0.4, -0.2) is 77.2 Å². The van der Waals surface area contributed by atoms with Crippen molar-refractivity contribution in [1.82, 2.24) is 19.8 Å². The largest absolute Gasteiger partial charge is 0.406 e. The van der Waals surface area contributed by atoms with Crippen molar-refractivity contribution in [3.8, 4) is 0 Å². The first-order valence-corrected chi connectivity index (χ1v) is 9.60. The molecule has 4 heterocycles. The van der Waals surface area contributed by atoms with E-state index in [0.29, 0.717) is 50.5 Å². The molecule has 3 aliphatic rings. The average Bonchev–Trinajstić information content (AvgIpc) is 3.28. The van der Waals surface area contributed by atoms with E-state index in [9.17, 15) is 22.4 Å². The average molecular weight is 401 g/mol. The van der Waals surface area contributed by atoms with Crippen molar-refractivity contribution in [3.63, 3.8) is 0 Å². The summed E-state index contributed by atoms with van der Waals surface area (Å²) in [4.78, 5) is 25.3. The zero-order valence-corrected chi connectivity index (χ0v) is 15.6. The molecule has 0 bridgehead atoms. The van der Waals surface area contributed by atoms with Gasteiger partial charge in [0.2, 0.25) is 5.91 Å². The highest BCUT2D eigenvalue weighted by Crippen LogP contribution is 2.37. The second-order valence-electron chi connectivity index (χ2n) is 7.87. The van der Waals surface area contributed by atoms with Crippen LogP contribution in [0.3, 0.4) is 0 Å². The van der Waals surface area contributed by atoms with E-state index in [1.807, 2.05) is 16.7 Å². The molecule has 6 nitrogen and oxygen atoms in total. The summed E-state index contributed by atoms with van der Waals surface area (Å²) in [6.45, 7) is 3.36. The lowest BCUT2D eigenvalue weighted by Gasteiger charge is -2.26. The molecule has 3 atom stereocenters. The maximum Gasteiger partial charge on any atom is 0.406 e. The maximum atomic E-state index is 14.5. The number of amides is 1. The van der Waals surface area contributed by atoms with Crippen molar-refractivity contribution in [2.24, 2.45) is 11.8 Å². The molecule has 4 rings (SSSR count). The van der Waals surface area contributed by atoms with Crippen LogP contribution in [-0.2, 0) is 11.2 Å². The van der Waals surface area contributed by atoms with Crippen molar-refractivity contribution in [2.75, 3.05) is 44.2 Å². The number of anilines is 1. The SMILES string of the molecule is CCc1ncnc(N2CC3CN(C4CCN(CC(F)(F)F)C4=O)CC3C2)c1F. The summed E-state index contributed by atoms with van der Waals surface area (Å²) in [5.74, 6) is 0.0214. The van der Waals surface area contributed by atoms with Crippen LogP contribution >= 0.6 is 0 Å². The quantitative estimate of drug-likeness (QED) is 0.719. The van der Waals surface area contributed by atoms with E-state index in [1.54, 1.807) is 0 Å². The minimum atomic E-state index is -4.37. The van der Waals surface area contributed by atoms with Gasteiger partial charge in [-0.25, -0.2) is 14.4 Å². The van der Waals surface area contributed by atoms with Gasteiger partial charge in [0.1, 0.15) is 12.9 Å². The molecule has 154 valence electrons. The molecular formula is C18H23F4N5O. The zero-order valence-electron chi connectivity index (χ0n) is 15.6. The topological polar surface area (TPSA) is 52.6 Å². The van der Waals surface area contributed by atoms with Crippen LogP contribution < -0.4 is 4.90 Å². The second-order valence-corrected chi connectivity index (χ2v) is 7.87. The molecule has 0 saturated carbocycles. The lowest BCUT2D eigenvalue weighted by atomic mass is 10.0. The number of halogens is 4. The predicted molar refractivity (Wildman–Crippen MR) is 93.2 cm³/mol. The Balaban J connectivity index is 1.38. The van der Waals surface area contributed by atoms with Gasteiger partial charge in [-0.05, 0) is 24.7 Å². The fourth-order valence-corrected chi connectivity index (χ4v) is 4.75. The van der Waals surface area contributed by atoms with Crippen molar-refractivity contribution in [1.29, 1.82) is 0 Å². The smallest absolute Gasteiger partial charge is 0.353 e. The van der Waals surface area contributed by atoms with Crippen molar-refractivity contribution >= 4 is 11.7 Å². The van der Waals surface area contributed by atoms with Gasteiger partial charge in [0.25, 0.3) is 0 Å². The van der Waals surface area contributed by atoms with E-state index in [4.69, 9.17) is 0 Å². The molecule has 3 fully saturated rings. The fraction of sp³-hybridized carbons (Fsp3) is 0.722. The van der Waals surface area contributed by atoms with Gasteiger partial charge >= 0.3 is 6.18 Å². The minimum Gasteiger partial charge on any atom is -0.353 e. The van der Waals surface area contributed by atoms with Gasteiger partial charge in [0, 0.05) is 32.7 Å². The van der Waals surface area contributed by atoms with Gasteiger partial charge in [-0.15, -0.1) is 0 Å². The van der Waals surface area contributed by atoms with Crippen LogP contribution in [0, 0.1) is 17.7 Å². The van der Waals surface area contributed by atoms with Crippen LogP contribution in [0.1, 0.15) is 19.0 Å². The first-order chi connectivity index (χ1) is 13.3. The van der Waals surface area contributed by atoms with Gasteiger partial charge in [-0.3, -0.25) is 9.69 Å². The Kier molecular flexibility index (Phi) is 4.93. The maximum absolute atomic E-state index is 14.5. The van der Waals surface area contributed by atoms with Crippen LogP contribution in [0.4, 0.5) is 23.4 Å². The number of carbonyl (C=O) groups excluding carboxylic acids is 1. The van der Waals surface area contributed by atoms with Crippen LogP contribution in [0.25, 0.3) is 0 Å². The lowest BCUT2D eigenvalue weighted by molar-refractivity contribution is -0.159. The molecule has 0 aliphatic carbocycles. The number of fused-ring (bicyclic) bond motifs is 1. The summed E-state index contributed by atoms with van der Waals surface area (Å²) >= 11 is 0. The molecule has 10 heteroatoms. The lowest BCUT2D eigenvalue weighted by Crippen LogP contribution is -2.44. The number of alkyl halides is 3. The van der Waals surface area contributed by atoms with Gasteiger partial charge in [0.05, 0.1) is 11.7 Å². The number of nitrogens with zero attached hydrogens (tertiary/aromatic N) is 5. The third kappa shape index (κ3) is 3.54. The summed E-state index contributed by atoms with van der Waals surface area (Å²) in [5.41, 5.74) is 0.394. The molecule has 3 unspecified atom stereocenters. The number of carbonyl (C=O) groups is 1. The van der Waals surface area contributed by atoms with E-state index in [1.165, 1.54) is 6.33 Å². The first kappa shape index (κ1) is 19.4. The Morgan fingerprint density at radius 1 is 1.14 bits per heavy atom. The second kappa shape index (κ2) is 7.13. The molecule has 0 N–H and O–H groups in total. The number of aryl methyl sites for hydroxylation is 1. The van der Waals surface area contributed by atoms with E-state index in [-0.39, 0.29) is 24.2 Å². The van der Waals surface area contributed by atoms with Gasteiger partial charge in [0.15, 0.2) is 11.6 Å². The summed E-state index contributed by atoms with van der Waals surface area (Å²) in [6, 6.07) is -0.469. The Bertz CT molecular complexity index is 744. The third-order valence-corrected chi connectivity index (χ3v) is 6.07. The molecule has 28 heavy (non-hydrogen) atoms. The van der Waals surface area contributed by atoms with Crippen LogP contribution in [0.15, 0.2) is 6.33 Å². The Morgan fingerprint density at radius 3 is 2.43 bits per heavy atom. The normalized spacial score (nSPS) is 28.5. The van der Waals surface area contributed by atoms with E-state index < -0.39 is 24.7 Å². The molecule has 0 spiro atoms. The molecule has 0 radical (unpaired) electrons. The predicted octanol–water partition coefficient (Wildman–Crippen LogP) is 1.71. The standard InChI is InChI=1S/C18H23F4N5O/c1-2-13-15(19)16(24-10-23-13)27-7-11-5-26(6-12(11)8-27)14-3-4-25(17(14)28)9-18(20,21)22/h10-12,14H,2-9H2,1H3. The number of aromatic nitrogens is 2. The van der Waals surface area contributed by atoms with Crippen molar-refractivity contribution in [2.45, 2.75) is 32.0 Å². The summed E-state index contributed by atoms with van der Waals surface area (Å²) in [5, 5.41) is 0. The molecule has 3 aliphatic heterocycles. The monoisotopic (exact) mass is 401 g/mol. The van der Waals surface area contributed by atoms with E-state index in [0.717, 1.165) is 4.90 Å². The number of hydrogen-bond acceptors (Lipinski definition) is 5. The van der Waals surface area contributed by atoms with Gasteiger partial charge in [-0.1, -0.05) is 6.92 Å². The molecular weight excluding hydrogens is 378 g/mol. The van der Waals surface area contributed by atoms with E-state index >= 15 is 0 Å². The van der Waals surface area contributed by atoms with Crippen LogP contribution in [0.2, 0.25) is 0 Å². The number of likely N-dealkylation sites (tertiary alicyclic amines) is 2. The Morgan fingerprint density at radius 2 is 1.82 bits per heavy atom. The van der Waals surface area contributed by atoms with Crippen molar-refractivity contribution < 1.29 is 22.4 Å². The first-order valence-electron chi connectivity index (χ1n) is 9.60.